The number of rotatable bonds is 7. The molecule has 7 heteroatoms. The van der Waals surface area contributed by atoms with Crippen molar-refractivity contribution in [3.05, 3.63) is 52.6 Å². The van der Waals surface area contributed by atoms with Gasteiger partial charge >= 0.3 is 5.69 Å². The Labute approximate surface area is 129 Å². The summed E-state index contributed by atoms with van der Waals surface area (Å²) in [6.07, 6.45) is 7.20. The number of nitrogens with zero attached hydrogens (tertiary/aromatic N) is 3. The second kappa shape index (κ2) is 8.26. The summed E-state index contributed by atoms with van der Waals surface area (Å²) >= 11 is 0. The Balaban J connectivity index is 0.00000220. The molecule has 0 radical (unpaired) electrons. The molecule has 0 atom stereocenters. The number of hydrogen-bond acceptors (Lipinski definition) is 4. The molecule has 0 N–H and O–H groups in total. The maximum Gasteiger partial charge on any atom is 0.310 e. The first-order valence-corrected chi connectivity index (χ1v) is 6.50. The fraction of sp³-hybridized carbons (Fsp3) is 0.357. The predicted molar refractivity (Wildman–Crippen MR) is 82.0 cm³/mol. The van der Waals surface area contributed by atoms with Crippen LogP contribution in [0.3, 0.4) is 0 Å². The molecule has 0 unspecified atom stereocenters. The lowest BCUT2D eigenvalue weighted by molar-refractivity contribution is -0.385. The van der Waals surface area contributed by atoms with Crippen LogP contribution in [0.5, 0.6) is 5.75 Å². The number of imidazole rings is 1. The van der Waals surface area contributed by atoms with Gasteiger partial charge in [-0.25, -0.2) is 4.98 Å². The van der Waals surface area contributed by atoms with Crippen molar-refractivity contribution in [1.29, 1.82) is 0 Å². The molecule has 2 rings (SSSR count). The van der Waals surface area contributed by atoms with E-state index in [1.54, 1.807) is 24.7 Å². The number of unbranched alkanes of at least 4 members (excludes halogenated alkanes) is 1. The van der Waals surface area contributed by atoms with E-state index in [0.717, 1.165) is 24.9 Å². The van der Waals surface area contributed by atoms with E-state index < -0.39 is 4.92 Å². The van der Waals surface area contributed by atoms with Crippen molar-refractivity contribution in [2.75, 3.05) is 6.61 Å². The Morgan fingerprint density at radius 2 is 2.19 bits per heavy atom. The molecule has 1 aromatic heterocycles. The van der Waals surface area contributed by atoms with Crippen molar-refractivity contribution < 1.29 is 9.66 Å². The van der Waals surface area contributed by atoms with Crippen LogP contribution in [0.15, 0.2) is 36.9 Å². The fourth-order valence-electron chi connectivity index (χ4n) is 1.89. The van der Waals surface area contributed by atoms with Gasteiger partial charge in [0.25, 0.3) is 0 Å². The number of benzene rings is 1. The van der Waals surface area contributed by atoms with Gasteiger partial charge in [0.15, 0.2) is 5.75 Å². The number of ether oxygens (including phenoxy) is 1. The third kappa shape index (κ3) is 5.07. The van der Waals surface area contributed by atoms with Crippen LogP contribution < -0.4 is 4.74 Å². The van der Waals surface area contributed by atoms with Crippen LogP contribution in [-0.2, 0) is 6.54 Å². The molecule has 0 bridgehead atoms. The molecule has 114 valence electrons. The van der Waals surface area contributed by atoms with Crippen LogP contribution in [0.25, 0.3) is 0 Å². The van der Waals surface area contributed by atoms with E-state index in [2.05, 4.69) is 4.98 Å². The molecule has 0 saturated heterocycles. The molecular formula is C14H18ClN3O3. The lowest BCUT2D eigenvalue weighted by atomic mass is 10.2. The molecule has 1 aromatic carbocycles. The third-order valence-corrected chi connectivity index (χ3v) is 2.94. The summed E-state index contributed by atoms with van der Waals surface area (Å²) in [6, 6.07) is 4.90. The largest absolute Gasteiger partial charge is 0.487 e. The van der Waals surface area contributed by atoms with Gasteiger partial charge in [-0.3, -0.25) is 10.1 Å². The highest BCUT2D eigenvalue weighted by Crippen LogP contribution is 2.27. The summed E-state index contributed by atoms with van der Waals surface area (Å²) in [5.74, 6) is 0.345. The molecule has 0 aliphatic carbocycles. The highest BCUT2D eigenvalue weighted by atomic mass is 35.5. The average Bonchev–Trinajstić information content (AvgIpc) is 2.91. The van der Waals surface area contributed by atoms with E-state index >= 15 is 0 Å². The van der Waals surface area contributed by atoms with Crippen molar-refractivity contribution >= 4 is 18.1 Å². The Morgan fingerprint density at radius 1 is 1.38 bits per heavy atom. The molecular weight excluding hydrogens is 294 g/mol. The summed E-state index contributed by atoms with van der Waals surface area (Å²) in [6.45, 7) is 3.23. The van der Waals surface area contributed by atoms with Gasteiger partial charge in [-0.2, -0.15) is 0 Å². The lowest BCUT2D eigenvalue weighted by Gasteiger charge is -2.07. The van der Waals surface area contributed by atoms with Crippen LogP contribution in [0.2, 0.25) is 0 Å². The molecule has 6 nitrogen and oxygen atoms in total. The summed E-state index contributed by atoms with van der Waals surface area (Å²) < 4.78 is 7.53. The van der Waals surface area contributed by atoms with E-state index in [1.807, 2.05) is 17.7 Å². The second-order valence-electron chi connectivity index (χ2n) is 4.58. The highest BCUT2D eigenvalue weighted by Gasteiger charge is 2.14. The fourth-order valence-corrected chi connectivity index (χ4v) is 1.89. The van der Waals surface area contributed by atoms with Gasteiger partial charge in [0.2, 0.25) is 0 Å². The predicted octanol–water partition coefficient (Wildman–Crippen LogP) is 3.38. The number of hydrogen-bond donors (Lipinski definition) is 0. The number of aryl methyl sites for hydroxylation is 2. The van der Waals surface area contributed by atoms with E-state index in [9.17, 15) is 10.1 Å². The molecule has 0 fully saturated rings. The van der Waals surface area contributed by atoms with Crippen LogP contribution in [0.1, 0.15) is 18.4 Å². The zero-order chi connectivity index (χ0) is 14.4. The van der Waals surface area contributed by atoms with E-state index in [0.29, 0.717) is 12.4 Å². The smallest absolute Gasteiger partial charge is 0.310 e. The third-order valence-electron chi connectivity index (χ3n) is 2.94. The van der Waals surface area contributed by atoms with Crippen molar-refractivity contribution in [3.63, 3.8) is 0 Å². The van der Waals surface area contributed by atoms with Gasteiger partial charge in [0.1, 0.15) is 0 Å². The highest BCUT2D eigenvalue weighted by molar-refractivity contribution is 5.85. The Morgan fingerprint density at radius 3 is 2.86 bits per heavy atom. The van der Waals surface area contributed by atoms with Crippen LogP contribution in [-0.4, -0.2) is 21.1 Å². The minimum Gasteiger partial charge on any atom is -0.487 e. The molecule has 0 aliphatic rings. The molecule has 0 saturated carbocycles. The molecule has 1 heterocycles. The molecule has 0 aliphatic heterocycles. The summed E-state index contributed by atoms with van der Waals surface area (Å²) in [5, 5.41) is 10.9. The summed E-state index contributed by atoms with van der Waals surface area (Å²) in [4.78, 5) is 14.4. The standard InChI is InChI=1S/C14H17N3O3.ClH/c1-12-4-5-13(17(18)19)14(10-12)20-9-3-2-7-16-8-6-15-11-16;/h4-6,8,10-11H,2-3,7,9H2,1H3;1H. The van der Waals surface area contributed by atoms with Crippen molar-refractivity contribution in [2.24, 2.45) is 0 Å². The lowest BCUT2D eigenvalue weighted by Crippen LogP contribution is -2.03. The van der Waals surface area contributed by atoms with Gasteiger partial charge < -0.3 is 9.30 Å². The van der Waals surface area contributed by atoms with E-state index in [-0.39, 0.29) is 18.1 Å². The second-order valence-corrected chi connectivity index (χ2v) is 4.58. The van der Waals surface area contributed by atoms with Crippen molar-refractivity contribution in [3.8, 4) is 5.75 Å². The SMILES string of the molecule is Cc1ccc([N+](=O)[O-])c(OCCCCn2ccnc2)c1.Cl. The molecule has 0 amide bonds. The molecule has 2 aromatic rings. The molecule has 21 heavy (non-hydrogen) atoms. The number of halogens is 1. The Kier molecular flexibility index (Phi) is 6.68. The van der Waals surface area contributed by atoms with Crippen LogP contribution >= 0.6 is 12.4 Å². The maximum absolute atomic E-state index is 10.9. The maximum atomic E-state index is 10.9. The van der Waals surface area contributed by atoms with Crippen LogP contribution in [0, 0.1) is 17.0 Å². The van der Waals surface area contributed by atoms with Crippen molar-refractivity contribution in [2.45, 2.75) is 26.3 Å². The quantitative estimate of drug-likeness (QED) is 0.446. The average molecular weight is 312 g/mol. The van der Waals surface area contributed by atoms with Gasteiger partial charge in [-0.15, -0.1) is 12.4 Å². The zero-order valence-corrected chi connectivity index (χ0v) is 12.6. The topological polar surface area (TPSA) is 70.2 Å². The minimum atomic E-state index is -0.416. The van der Waals surface area contributed by atoms with Gasteiger partial charge in [-0.05, 0) is 31.4 Å². The Bertz CT molecular complexity index is 573. The minimum absolute atomic E-state index is 0. The van der Waals surface area contributed by atoms with Gasteiger partial charge in [0.05, 0.1) is 17.9 Å². The zero-order valence-electron chi connectivity index (χ0n) is 11.8. The summed E-state index contributed by atoms with van der Waals surface area (Å²) in [7, 11) is 0. The number of nitro benzene ring substituents is 1. The Hall–Kier alpha value is -2.08. The normalized spacial score (nSPS) is 9.95. The first-order valence-electron chi connectivity index (χ1n) is 6.50. The van der Waals surface area contributed by atoms with E-state index in [4.69, 9.17) is 4.74 Å². The van der Waals surface area contributed by atoms with Gasteiger partial charge in [0, 0.05) is 25.0 Å². The first kappa shape index (κ1) is 17.0. The van der Waals surface area contributed by atoms with Gasteiger partial charge in [-0.1, -0.05) is 6.07 Å². The molecule has 0 spiro atoms. The summed E-state index contributed by atoms with van der Waals surface area (Å²) in [5.41, 5.74) is 0.967. The number of nitro groups is 1. The van der Waals surface area contributed by atoms with Crippen LogP contribution in [0.4, 0.5) is 5.69 Å². The number of aromatic nitrogens is 2. The monoisotopic (exact) mass is 311 g/mol. The van der Waals surface area contributed by atoms with E-state index in [1.165, 1.54) is 6.07 Å². The first-order chi connectivity index (χ1) is 9.66. The van der Waals surface area contributed by atoms with Crippen molar-refractivity contribution in [1.82, 2.24) is 9.55 Å².